The van der Waals surface area contributed by atoms with Crippen molar-refractivity contribution in [3.63, 3.8) is 0 Å². The third-order valence-electron chi connectivity index (χ3n) is 4.79. The van der Waals surface area contributed by atoms with Gasteiger partial charge in [-0.05, 0) is 25.7 Å². The minimum absolute atomic E-state index is 0.0742. The molecule has 1 aromatic carbocycles. The number of carbonyl (C=O) groups is 2. The second kappa shape index (κ2) is 6.70. The second-order valence-corrected chi connectivity index (χ2v) is 6.82. The summed E-state index contributed by atoms with van der Waals surface area (Å²) in [6.45, 7) is 1.10. The number of rotatable bonds is 4. The molecule has 6 nitrogen and oxygen atoms in total. The first-order valence-electron chi connectivity index (χ1n) is 8.82. The fraction of sp³-hybridized carbons (Fsp3) is 0.421. The summed E-state index contributed by atoms with van der Waals surface area (Å²) in [6.07, 6.45) is 3.80. The molecule has 1 N–H and O–H groups in total. The van der Waals surface area contributed by atoms with Gasteiger partial charge in [0.2, 0.25) is 5.91 Å². The van der Waals surface area contributed by atoms with Crippen molar-refractivity contribution in [2.24, 2.45) is 5.92 Å². The smallest absolute Gasteiger partial charge is 0.276 e. The van der Waals surface area contributed by atoms with Gasteiger partial charge in [0.25, 0.3) is 5.91 Å². The van der Waals surface area contributed by atoms with E-state index >= 15 is 0 Å². The Kier molecular flexibility index (Phi) is 4.26. The van der Waals surface area contributed by atoms with Crippen molar-refractivity contribution in [3.05, 3.63) is 42.1 Å². The molecule has 4 rings (SSSR count). The molecular weight excluding hydrogens is 318 g/mol. The summed E-state index contributed by atoms with van der Waals surface area (Å²) < 4.78 is 5.32. The number of piperidine rings is 1. The highest BCUT2D eigenvalue weighted by Gasteiger charge is 2.33. The predicted molar refractivity (Wildman–Crippen MR) is 91.7 cm³/mol. The van der Waals surface area contributed by atoms with Crippen LogP contribution in [0.3, 0.4) is 0 Å². The Morgan fingerprint density at radius 3 is 2.72 bits per heavy atom. The van der Waals surface area contributed by atoms with E-state index in [0.717, 1.165) is 31.2 Å². The van der Waals surface area contributed by atoms with Gasteiger partial charge in [-0.15, -0.1) is 0 Å². The van der Waals surface area contributed by atoms with Crippen LogP contribution in [0.1, 0.15) is 36.2 Å². The highest BCUT2D eigenvalue weighted by Crippen LogP contribution is 2.24. The molecule has 0 bridgehead atoms. The molecule has 0 unspecified atom stereocenters. The summed E-state index contributed by atoms with van der Waals surface area (Å²) in [5.74, 6) is 0.350. The Morgan fingerprint density at radius 1 is 1.16 bits per heavy atom. The lowest BCUT2D eigenvalue weighted by Gasteiger charge is -2.31. The third-order valence-corrected chi connectivity index (χ3v) is 4.79. The van der Waals surface area contributed by atoms with Crippen LogP contribution in [0.15, 0.2) is 40.9 Å². The van der Waals surface area contributed by atoms with Crippen LogP contribution in [0.25, 0.3) is 11.3 Å². The molecule has 0 radical (unpaired) electrons. The van der Waals surface area contributed by atoms with E-state index in [1.54, 1.807) is 11.0 Å². The van der Waals surface area contributed by atoms with Crippen LogP contribution in [-0.4, -0.2) is 41.0 Å². The molecule has 1 aromatic heterocycles. The quantitative estimate of drug-likeness (QED) is 0.928. The molecule has 1 atom stereocenters. The highest BCUT2D eigenvalue weighted by atomic mass is 16.5. The third kappa shape index (κ3) is 3.57. The average molecular weight is 339 g/mol. The Bertz CT molecular complexity index is 767. The van der Waals surface area contributed by atoms with E-state index in [1.807, 2.05) is 30.3 Å². The highest BCUT2D eigenvalue weighted by molar-refractivity contribution is 5.93. The standard InChI is InChI=1S/C19H21N3O3/c23-18(20-15-8-9-15)14-7-4-10-22(12-14)19(24)16-11-17(25-21-16)13-5-2-1-3-6-13/h1-3,5-6,11,14-15H,4,7-10,12H2,(H,20,23)/t14-/m0/s1. The van der Waals surface area contributed by atoms with Crippen molar-refractivity contribution < 1.29 is 14.1 Å². The van der Waals surface area contributed by atoms with Crippen LogP contribution < -0.4 is 5.32 Å². The fourth-order valence-corrected chi connectivity index (χ4v) is 3.20. The van der Waals surface area contributed by atoms with Crippen LogP contribution >= 0.6 is 0 Å². The van der Waals surface area contributed by atoms with Gasteiger partial charge in [0.15, 0.2) is 11.5 Å². The van der Waals surface area contributed by atoms with Crippen LogP contribution in [0.4, 0.5) is 0 Å². The molecule has 1 aliphatic heterocycles. The molecule has 130 valence electrons. The summed E-state index contributed by atoms with van der Waals surface area (Å²) >= 11 is 0. The normalized spacial score (nSPS) is 20.3. The lowest BCUT2D eigenvalue weighted by Crippen LogP contribution is -2.46. The second-order valence-electron chi connectivity index (χ2n) is 6.82. The van der Waals surface area contributed by atoms with E-state index in [0.29, 0.717) is 30.6 Å². The van der Waals surface area contributed by atoms with E-state index < -0.39 is 0 Å². The van der Waals surface area contributed by atoms with E-state index in [4.69, 9.17) is 4.52 Å². The van der Waals surface area contributed by atoms with E-state index in [9.17, 15) is 9.59 Å². The average Bonchev–Trinajstić information content (AvgIpc) is 3.34. The number of benzene rings is 1. The van der Waals surface area contributed by atoms with Gasteiger partial charge < -0.3 is 14.7 Å². The molecule has 2 fully saturated rings. The first-order chi connectivity index (χ1) is 12.2. The van der Waals surface area contributed by atoms with Gasteiger partial charge in [-0.3, -0.25) is 9.59 Å². The first-order valence-corrected chi connectivity index (χ1v) is 8.82. The number of hydrogen-bond donors (Lipinski definition) is 1. The van der Waals surface area contributed by atoms with Crippen molar-refractivity contribution >= 4 is 11.8 Å². The largest absolute Gasteiger partial charge is 0.355 e. The van der Waals surface area contributed by atoms with Crippen LogP contribution in [0, 0.1) is 5.92 Å². The molecule has 1 aliphatic carbocycles. The van der Waals surface area contributed by atoms with Gasteiger partial charge in [0.1, 0.15) is 0 Å². The zero-order valence-electron chi connectivity index (χ0n) is 14.0. The maximum absolute atomic E-state index is 12.7. The summed E-state index contributed by atoms with van der Waals surface area (Å²) in [5, 5.41) is 6.97. The van der Waals surface area contributed by atoms with Crippen molar-refractivity contribution in [2.45, 2.75) is 31.7 Å². The lowest BCUT2D eigenvalue weighted by atomic mass is 9.96. The van der Waals surface area contributed by atoms with E-state index in [-0.39, 0.29) is 17.7 Å². The molecule has 25 heavy (non-hydrogen) atoms. The zero-order valence-corrected chi connectivity index (χ0v) is 14.0. The van der Waals surface area contributed by atoms with Gasteiger partial charge in [-0.25, -0.2) is 0 Å². The summed E-state index contributed by atoms with van der Waals surface area (Å²) in [5.41, 5.74) is 1.18. The van der Waals surface area contributed by atoms with Crippen LogP contribution in [0.2, 0.25) is 0 Å². The van der Waals surface area contributed by atoms with Gasteiger partial charge in [0, 0.05) is 30.8 Å². The first kappa shape index (κ1) is 15.9. The molecule has 2 heterocycles. The zero-order chi connectivity index (χ0) is 17.2. The number of likely N-dealkylation sites (tertiary alicyclic amines) is 1. The number of aromatic nitrogens is 1. The predicted octanol–water partition coefficient (Wildman–Crippen LogP) is 2.47. The fourth-order valence-electron chi connectivity index (χ4n) is 3.20. The minimum atomic E-state index is -0.171. The molecule has 6 heteroatoms. The van der Waals surface area contributed by atoms with Crippen molar-refractivity contribution in [1.82, 2.24) is 15.4 Å². The van der Waals surface area contributed by atoms with Gasteiger partial charge in [-0.1, -0.05) is 35.5 Å². The van der Waals surface area contributed by atoms with Gasteiger partial charge >= 0.3 is 0 Å². The molecule has 1 saturated carbocycles. The number of hydrogen-bond acceptors (Lipinski definition) is 4. The number of amides is 2. The minimum Gasteiger partial charge on any atom is -0.355 e. The summed E-state index contributed by atoms with van der Waals surface area (Å²) in [7, 11) is 0. The van der Waals surface area contributed by atoms with Crippen LogP contribution in [-0.2, 0) is 4.79 Å². The number of nitrogens with one attached hydrogen (secondary N) is 1. The SMILES string of the molecule is O=C(NC1CC1)[C@H]1CCCN(C(=O)c2cc(-c3ccccc3)on2)C1. The maximum atomic E-state index is 12.7. The van der Waals surface area contributed by atoms with Gasteiger partial charge in [-0.2, -0.15) is 0 Å². The summed E-state index contributed by atoms with van der Waals surface area (Å²) in [6, 6.07) is 11.6. The van der Waals surface area contributed by atoms with Crippen molar-refractivity contribution in [1.29, 1.82) is 0 Å². The van der Waals surface area contributed by atoms with E-state index in [2.05, 4.69) is 10.5 Å². The lowest BCUT2D eigenvalue weighted by molar-refractivity contribution is -0.126. The van der Waals surface area contributed by atoms with E-state index in [1.165, 1.54) is 0 Å². The maximum Gasteiger partial charge on any atom is 0.276 e. The molecule has 2 aliphatic rings. The van der Waals surface area contributed by atoms with Crippen LogP contribution in [0.5, 0.6) is 0 Å². The van der Waals surface area contributed by atoms with Crippen molar-refractivity contribution in [2.75, 3.05) is 13.1 Å². The topological polar surface area (TPSA) is 75.4 Å². The Hall–Kier alpha value is -2.63. The Morgan fingerprint density at radius 2 is 1.96 bits per heavy atom. The number of nitrogens with zero attached hydrogens (tertiary/aromatic N) is 2. The van der Waals surface area contributed by atoms with Gasteiger partial charge in [0.05, 0.1) is 5.92 Å². The number of carbonyl (C=O) groups excluding carboxylic acids is 2. The molecule has 2 aromatic rings. The molecule has 0 spiro atoms. The monoisotopic (exact) mass is 339 g/mol. The summed E-state index contributed by atoms with van der Waals surface area (Å²) in [4.78, 5) is 26.7. The molecular formula is C19H21N3O3. The Labute approximate surface area is 146 Å². The molecule has 1 saturated heterocycles. The molecule has 2 amide bonds. The van der Waals surface area contributed by atoms with Crippen molar-refractivity contribution in [3.8, 4) is 11.3 Å². The Balaban J connectivity index is 1.43.